The van der Waals surface area contributed by atoms with Crippen LogP contribution in [0.25, 0.3) is 0 Å². The van der Waals surface area contributed by atoms with Gasteiger partial charge in [-0.2, -0.15) is 5.10 Å². The molecule has 1 aromatic rings. The maximum absolute atomic E-state index is 9.17. The number of aromatic nitrogens is 2. The van der Waals surface area contributed by atoms with Crippen LogP contribution >= 0.6 is 0 Å². The number of aliphatic hydroxyl groups excluding tert-OH is 2. The van der Waals surface area contributed by atoms with Crippen molar-refractivity contribution in [3.8, 4) is 5.88 Å². The molecule has 16 heavy (non-hydrogen) atoms. The third-order valence-electron chi connectivity index (χ3n) is 2.37. The van der Waals surface area contributed by atoms with E-state index in [4.69, 9.17) is 9.84 Å². The van der Waals surface area contributed by atoms with Crippen molar-refractivity contribution in [3.05, 3.63) is 11.3 Å². The summed E-state index contributed by atoms with van der Waals surface area (Å²) in [7, 11) is 3.42. The summed E-state index contributed by atoms with van der Waals surface area (Å²) in [5.41, 5.74) is 1.86. The molecule has 6 nitrogen and oxygen atoms in total. The largest absolute Gasteiger partial charge is 0.481 e. The number of aryl methyl sites for hydroxylation is 2. The minimum atomic E-state index is -0.733. The molecule has 0 saturated carbocycles. The Morgan fingerprint density at radius 3 is 2.81 bits per heavy atom. The zero-order chi connectivity index (χ0) is 12.1. The Morgan fingerprint density at radius 2 is 2.25 bits per heavy atom. The SMILES string of the molecule is COc1c(CNCC(O)CO)c(C)nn1C. The minimum absolute atomic E-state index is 0.240. The molecule has 0 radical (unpaired) electrons. The molecular formula is C10H19N3O3. The van der Waals surface area contributed by atoms with Gasteiger partial charge in [-0.3, -0.25) is 0 Å². The summed E-state index contributed by atoms with van der Waals surface area (Å²) in [5, 5.41) is 25.1. The molecule has 1 atom stereocenters. The van der Waals surface area contributed by atoms with Crippen LogP contribution in [-0.2, 0) is 13.6 Å². The van der Waals surface area contributed by atoms with E-state index in [1.807, 2.05) is 14.0 Å². The summed E-state index contributed by atoms with van der Waals surface area (Å²) in [6.45, 7) is 2.56. The molecule has 0 fully saturated rings. The summed E-state index contributed by atoms with van der Waals surface area (Å²) in [4.78, 5) is 0. The maximum Gasteiger partial charge on any atom is 0.216 e. The zero-order valence-electron chi connectivity index (χ0n) is 9.90. The van der Waals surface area contributed by atoms with Crippen molar-refractivity contribution in [3.63, 3.8) is 0 Å². The fourth-order valence-corrected chi connectivity index (χ4v) is 1.57. The third-order valence-corrected chi connectivity index (χ3v) is 2.37. The van der Waals surface area contributed by atoms with E-state index in [2.05, 4.69) is 10.4 Å². The Hall–Kier alpha value is -1.11. The van der Waals surface area contributed by atoms with E-state index in [1.54, 1.807) is 11.8 Å². The van der Waals surface area contributed by atoms with Crippen LogP contribution in [0.3, 0.4) is 0 Å². The summed E-state index contributed by atoms with van der Waals surface area (Å²) in [5.74, 6) is 0.712. The number of aliphatic hydroxyl groups is 2. The Morgan fingerprint density at radius 1 is 1.56 bits per heavy atom. The standard InChI is InChI=1S/C10H19N3O3/c1-7-9(5-11-4-8(15)6-14)10(16-3)13(2)12-7/h8,11,14-15H,4-6H2,1-3H3. The number of ether oxygens (including phenoxy) is 1. The molecule has 1 rings (SSSR count). The van der Waals surface area contributed by atoms with Gasteiger partial charge >= 0.3 is 0 Å². The van der Waals surface area contributed by atoms with Crippen molar-refractivity contribution in [1.82, 2.24) is 15.1 Å². The molecule has 0 saturated heterocycles. The highest BCUT2D eigenvalue weighted by atomic mass is 16.5. The van der Waals surface area contributed by atoms with Crippen molar-refractivity contribution < 1.29 is 14.9 Å². The number of methoxy groups -OCH3 is 1. The second-order valence-corrected chi connectivity index (χ2v) is 3.66. The van der Waals surface area contributed by atoms with Gasteiger partial charge in [0, 0.05) is 20.1 Å². The lowest BCUT2D eigenvalue weighted by molar-refractivity contribution is 0.0941. The van der Waals surface area contributed by atoms with Crippen LogP contribution in [0, 0.1) is 6.92 Å². The van der Waals surface area contributed by atoms with Gasteiger partial charge in [-0.25, -0.2) is 4.68 Å². The lowest BCUT2D eigenvalue weighted by atomic mass is 10.2. The lowest BCUT2D eigenvalue weighted by Gasteiger charge is -2.09. The van der Waals surface area contributed by atoms with Crippen molar-refractivity contribution in [2.24, 2.45) is 7.05 Å². The number of nitrogens with zero attached hydrogens (tertiary/aromatic N) is 2. The Bertz CT molecular complexity index is 338. The zero-order valence-corrected chi connectivity index (χ0v) is 9.90. The molecule has 3 N–H and O–H groups in total. The van der Waals surface area contributed by atoms with Gasteiger partial charge in [-0.1, -0.05) is 0 Å². The van der Waals surface area contributed by atoms with Crippen molar-refractivity contribution >= 4 is 0 Å². The molecule has 6 heteroatoms. The fraction of sp³-hybridized carbons (Fsp3) is 0.700. The Balaban J connectivity index is 2.59. The van der Waals surface area contributed by atoms with Gasteiger partial charge in [0.15, 0.2) is 0 Å². The molecule has 0 aliphatic carbocycles. The number of hydrogen-bond donors (Lipinski definition) is 3. The predicted octanol–water partition coefficient (Wildman–Crippen LogP) is -0.820. The first-order valence-corrected chi connectivity index (χ1v) is 5.16. The topological polar surface area (TPSA) is 79.5 Å². The first-order chi connectivity index (χ1) is 7.60. The highest BCUT2D eigenvalue weighted by Crippen LogP contribution is 2.20. The van der Waals surface area contributed by atoms with E-state index in [-0.39, 0.29) is 6.61 Å². The van der Waals surface area contributed by atoms with Gasteiger partial charge in [0.25, 0.3) is 0 Å². The number of rotatable bonds is 6. The molecule has 0 aliphatic rings. The molecule has 0 bridgehead atoms. The molecule has 92 valence electrons. The normalized spacial score (nSPS) is 12.8. The van der Waals surface area contributed by atoms with E-state index in [9.17, 15) is 5.11 Å². The first kappa shape index (κ1) is 13.0. The molecule has 0 aliphatic heterocycles. The first-order valence-electron chi connectivity index (χ1n) is 5.16. The minimum Gasteiger partial charge on any atom is -0.481 e. The van der Waals surface area contributed by atoms with Gasteiger partial charge in [0.05, 0.1) is 31.1 Å². The van der Waals surface area contributed by atoms with E-state index in [0.29, 0.717) is 19.0 Å². The smallest absolute Gasteiger partial charge is 0.216 e. The molecule has 0 aromatic carbocycles. The maximum atomic E-state index is 9.17. The van der Waals surface area contributed by atoms with Gasteiger partial charge < -0.3 is 20.3 Å². The molecule has 1 heterocycles. The summed E-state index contributed by atoms with van der Waals surface area (Å²) in [6.07, 6.45) is -0.733. The van der Waals surface area contributed by atoms with Crippen molar-refractivity contribution in [1.29, 1.82) is 0 Å². The van der Waals surface area contributed by atoms with E-state index in [1.165, 1.54) is 0 Å². The number of nitrogens with one attached hydrogen (secondary N) is 1. The molecule has 1 unspecified atom stereocenters. The second-order valence-electron chi connectivity index (χ2n) is 3.66. The third kappa shape index (κ3) is 2.94. The van der Waals surface area contributed by atoms with Crippen molar-refractivity contribution in [2.45, 2.75) is 19.6 Å². The Labute approximate surface area is 94.8 Å². The average Bonchev–Trinajstić information content (AvgIpc) is 2.53. The van der Waals surface area contributed by atoms with Crippen LogP contribution in [-0.4, -0.2) is 46.4 Å². The highest BCUT2D eigenvalue weighted by Gasteiger charge is 2.13. The summed E-state index contributed by atoms with van der Waals surface area (Å²) < 4.78 is 6.90. The average molecular weight is 229 g/mol. The quantitative estimate of drug-likeness (QED) is 0.594. The predicted molar refractivity (Wildman–Crippen MR) is 59.3 cm³/mol. The van der Waals surface area contributed by atoms with Gasteiger partial charge in [0.2, 0.25) is 5.88 Å². The van der Waals surface area contributed by atoms with E-state index >= 15 is 0 Å². The second kappa shape index (κ2) is 5.83. The van der Waals surface area contributed by atoms with E-state index in [0.717, 1.165) is 11.3 Å². The van der Waals surface area contributed by atoms with Crippen LogP contribution < -0.4 is 10.1 Å². The summed E-state index contributed by atoms with van der Waals surface area (Å²) >= 11 is 0. The molecule has 0 amide bonds. The molecule has 1 aromatic heterocycles. The van der Waals surface area contributed by atoms with Crippen LogP contribution in [0.4, 0.5) is 0 Å². The van der Waals surface area contributed by atoms with Crippen LogP contribution in [0.2, 0.25) is 0 Å². The van der Waals surface area contributed by atoms with Crippen LogP contribution in [0.5, 0.6) is 5.88 Å². The van der Waals surface area contributed by atoms with Crippen LogP contribution in [0.15, 0.2) is 0 Å². The highest BCUT2D eigenvalue weighted by molar-refractivity contribution is 5.30. The van der Waals surface area contributed by atoms with Crippen LogP contribution in [0.1, 0.15) is 11.3 Å². The number of hydrogen-bond acceptors (Lipinski definition) is 5. The van der Waals surface area contributed by atoms with Gasteiger partial charge in [-0.05, 0) is 6.92 Å². The van der Waals surface area contributed by atoms with Gasteiger partial charge in [-0.15, -0.1) is 0 Å². The molecular weight excluding hydrogens is 210 g/mol. The fourth-order valence-electron chi connectivity index (χ4n) is 1.57. The summed E-state index contributed by atoms with van der Waals surface area (Å²) in [6, 6.07) is 0. The van der Waals surface area contributed by atoms with Crippen molar-refractivity contribution in [2.75, 3.05) is 20.3 Å². The molecule has 0 spiro atoms. The lowest BCUT2D eigenvalue weighted by Crippen LogP contribution is -2.29. The van der Waals surface area contributed by atoms with Gasteiger partial charge in [0.1, 0.15) is 0 Å². The Kier molecular flexibility index (Phi) is 4.72. The van der Waals surface area contributed by atoms with E-state index < -0.39 is 6.10 Å². The monoisotopic (exact) mass is 229 g/mol.